The summed E-state index contributed by atoms with van der Waals surface area (Å²) in [5.41, 5.74) is 5.03. The number of carboxylic acid groups (broad SMARTS) is 1. The molecule has 5 N–H and O–H groups in total. The first-order valence-electron chi connectivity index (χ1n) is 6.11. The number of carbonyl (C=O) groups is 3. The number of hydrogen-bond donors (Lipinski definition) is 4. The van der Waals surface area contributed by atoms with Crippen molar-refractivity contribution in [3.8, 4) is 0 Å². The molecule has 0 bridgehead atoms. The van der Waals surface area contributed by atoms with Gasteiger partial charge in [-0.3, -0.25) is 4.79 Å². The SMILES string of the molecule is NC(=O)NCc1ccc(C(=O)NC2(C(=O)O)CC2)cc1. The Kier molecular flexibility index (Phi) is 3.60. The van der Waals surface area contributed by atoms with E-state index in [-0.39, 0.29) is 6.54 Å². The maximum absolute atomic E-state index is 11.9. The Bertz CT molecular complexity index is 549. The molecule has 1 fully saturated rings. The molecule has 106 valence electrons. The lowest BCUT2D eigenvalue weighted by molar-refractivity contribution is -0.140. The van der Waals surface area contributed by atoms with E-state index in [2.05, 4.69) is 10.6 Å². The van der Waals surface area contributed by atoms with E-state index in [1.54, 1.807) is 24.3 Å². The predicted molar refractivity (Wildman–Crippen MR) is 69.9 cm³/mol. The molecule has 0 atom stereocenters. The molecule has 1 aliphatic rings. The number of primary amides is 1. The van der Waals surface area contributed by atoms with Crippen LogP contribution in [0.25, 0.3) is 0 Å². The van der Waals surface area contributed by atoms with Crippen molar-refractivity contribution in [1.29, 1.82) is 0 Å². The van der Waals surface area contributed by atoms with E-state index in [0.717, 1.165) is 5.56 Å². The number of benzene rings is 1. The van der Waals surface area contributed by atoms with Gasteiger partial charge >= 0.3 is 12.0 Å². The van der Waals surface area contributed by atoms with Crippen molar-refractivity contribution in [2.24, 2.45) is 5.73 Å². The fraction of sp³-hybridized carbons (Fsp3) is 0.308. The average Bonchev–Trinajstić information content (AvgIpc) is 3.18. The van der Waals surface area contributed by atoms with Crippen LogP contribution in [0, 0.1) is 0 Å². The number of amides is 3. The molecule has 1 aliphatic carbocycles. The molecular formula is C13H15N3O4. The van der Waals surface area contributed by atoms with Gasteiger partial charge in [-0.15, -0.1) is 0 Å². The summed E-state index contributed by atoms with van der Waals surface area (Å²) in [5.74, 6) is -1.42. The van der Waals surface area contributed by atoms with Crippen LogP contribution in [-0.2, 0) is 11.3 Å². The van der Waals surface area contributed by atoms with Crippen LogP contribution < -0.4 is 16.4 Å². The first kappa shape index (κ1) is 13.9. The van der Waals surface area contributed by atoms with Crippen molar-refractivity contribution in [1.82, 2.24) is 10.6 Å². The van der Waals surface area contributed by atoms with Gasteiger partial charge in [0.25, 0.3) is 5.91 Å². The Morgan fingerprint density at radius 1 is 1.20 bits per heavy atom. The Balaban J connectivity index is 1.97. The molecule has 7 heteroatoms. The summed E-state index contributed by atoms with van der Waals surface area (Å²) in [6.07, 6.45) is 0.906. The summed E-state index contributed by atoms with van der Waals surface area (Å²) in [7, 11) is 0. The monoisotopic (exact) mass is 277 g/mol. The Hall–Kier alpha value is -2.57. The van der Waals surface area contributed by atoms with Crippen LogP contribution in [0.4, 0.5) is 4.79 Å². The number of nitrogens with two attached hydrogens (primary N) is 1. The largest absolute Gasteiger partial charge is 0.480 e. The fourth-order valence-electron chi connectivity index (χ4n) is 1.77. The number of nitrogens with one attached hydrogen (secondary N) is 2. The molecule has 1 saturated carbocycles. The van der Waals surface area contributed by atoms with Gasteiger partial charge in [-0.2, -0.15) is 0 Å². The Morgan fingerprint density at radius 2 is 1.80 bits per heavy atom. The highest BCUT2D eigenvalue weighted by atomic mass is 16.4. The minimum atomic E-state index is -1.09. The highest BCUT2D eigenvalue weighted by molar-refractivity contribution is 5.98. The summed E-state index contributed by atoms with van der Waals surface area (Å²) in [4.78, 5) is 33.5. The lowest BCUT2D eigenvalue weighted by Gasteiger charge is -2.12. The van der Waals surface area contributed by atoms with E-state index < -0.39 is 23.4 Å². The van der Waals surface area contributed by atoms with Gasteiger partial charge in [0.05, 0.1) is 0 Å². The first-order valence-corrected chi connectivity index (χ1v) is 6.11. The lowest BCUT2D eigenvalue weighted by atomic mass is 10.1. The zero-order valence-electron chi connectivity index (χ0n) is 10.7. The van der Waals surface area contributed by atoms with E-state index in [1.807, 2.05) is 0 Å². The van der Waals surface area contributed by atoms with Crippen LogP contribution in [0.1, 0.15) is 28.8 Å². The molecule has 1 aromatic rings. The highest BCUT2D eigenvalue weighted by Gasteiger charge is 2.51. The molecule has 20 heavy (non-hydrogen) atoms. The van der Waals surface area contributed by atoms with Gasteiger partial charge in [-0.1, -0.05) is 12.1 Å². The van der Waals surface area contributed by atoms with Gasteiger partial charge in [-0.25, -0.2) is 9.59 Å². The predicted octanol–water partition coefficient (Wildman–Crippen LogP) is 0.202. The second kappa shape index (κ2) is 5.20. The van der Waals surface area contributed by atoms with Gasteiger partial charge < -0.3 is 21.5 Å². The smallest absolute Gasteiger partial charge is 0.329 e. The lowest BCUT2D eigenvalue weighted by Crippen LogP contribution is -2.43. The summed E-state index contributed by atoms with van der Waals surface area (Å²) in [6, 6.07) is 5.87. The zero-order chi connectivity index (χ0) is 14.8. The molecule has 0 spiro atoms. The van der Waals surface area contributed by atoms with E-state index in [9.17, 15) is 14.4 Å². The third-order valence-corrected chi connectivity index (χ3v) is 3.20. The number of urea groups is 1. The average molecular weight is 277 g/mol. The normalized spacial score (nSPS) is 15.2. The van der Waals surface area contributed by atoms with E-state index in [0.29, 0.717) is 18.4 Å². The van der Waals surface area contributed by atoms with Gasteiger partial charge in [-0.05, 0) is 30.5 Å². The maximum atomic E-state index is 11.9. The van der Waals surface area contributed by atoms with E-state index >= 15 is 0 Å². The minimum absolute atomic E-state index is 0.274. The number of rotatable bonds is 5. The maximum Gasteiger partial charge on any atom is 0.329 e. The van der Waals surface area contributed by atoms with Crippen molar-refractivity contribution < 1.29 is 19.5 Å². The van der Waals surface area contributed by atoms with Crippen molar-refractivity contribution in [2.45, 2.75) is 24.9 Å². The first-order chi connectivity index (χ1) is 9.43. The van der Waals surface area contributed by atoms with Crippen LogP contribution >= 0.6 is 0 Å². The van der Waals surface area contributed by atoms with Crippen LogP contribution in [0.5, 0.6) is 0 Å². The number of carboxylic acids is 1. The van der Waals surface area contributed by atoms with Crippen LogP contribution in [0.3, 0.4) is 0 Å². The zero-order valence-corrected chi connectivity index (χ0v) is 10.7. The Labute approximate surface area is 115 Å². The summed E-state index contributed by atoms with van der Waals surface area (Å²) >= 11 is 0. The highest BCUT2D eigenvalue weighted by Crippen LogP contribution is 2.35. The molecule has 0 saturated heterocycles. The Morgan fingerprint density at radius 3 is 2.25 bits per heavy atom. The molecule has 1 aromatic carbocycles. The van der Waals surface area contributed by atoms with E-state index in [4.69, 9.17) is 10.8 Å². The molecule has 3 amide bonds. The molecule has 0 radical (unpaired) electrons. The van der Waals surface area contributed by atoms with Gasteiger partial charge in [0, 0.05) is 12.1 Å². The van der Waals surface area contributed by atoms with Crippen LogP contribution in [-0.4, -0.2) is 28.6 Å². The van der Waals surface area contributed by atoms with Crippen molar-refractivity contribution in [3.05, 3.63) is 35.4 Å². The number of aliphatic carboxylic acids is 1. The van der Waals surface area contributed by atoms with E-state index in [1.165, 1.54) is 0 Å². The second-order valence-electron chi connectivity index (χ2n) is 4.76. The minimum Gasteiger partial charge on any atom is -0.480 e. The molecular weight excluding hydrogens is 262 g/mol. The quantitative estimate of drug-likeness (QED) is 0.614. The topological polar surface area (TPSA) is 122 Å². The standard InChI is InChI=1S/C13H15N3O4/c14-12(20)15-7-8-1-3-9(4-2-8)10(17)16-13(5-6-13)11(18)19/h1-4H,5-7H2,(H,16,17)(H,18,19)(H3,14,15,20). The number of hydrogen-bond acceptors (Lipinski definition) is 3. The summed E-state index contributed by atoms with van der Waals surface area (Å²) < 4.78 is 0. The molecule has 7 nitrogen and oxygen atoms in total. The molecule has 0 unspecified atom stereocenters. The molecule has 2 rings (SSSR count). The molecule has 0 heterocycles. The van der Waals surface area contributed by atoms with Crippen LogP contribution in [0.15, 0.2) is 24.3 Å². The fourth-order valence-corrected chi connectivity index (χ4v) is 1.77. The van der Waals surface area contributed by atoms with Crippen molar-refractivity contribution >= 4 is 17.9 Å². The van der Waals surface area contributed by atoms with Gasteiger partial charge in [0.15, 0.2) is 0 Å². The molecule has 0 aromatic heterocycles. The molecule has 0 aliphatic heterocycles. The number of carbonyl (C=O) groups excluding carboxylic acids is 2. The van der Waals surface area contributed by atoms with Crippen molar-refractivity contribution in [2.75, 3.05) is 0 Å². The van der Waals surface area contributed by atoms with Crippen LogP contribution in [0.2, 0.25) is 0 Å². The second-order valence-corrected chi connectivity index (χ2v) is 4.76. The summed E-state index contributed by atoms with van der Waals surface area (Å²) in [5, 5.41) is 14.0. The third-order valence-electron chi connectivity index (χ3n) is 3.20. The van der Waals surface area contributed by atoms with Gasteiger partial charge in [0.1, 0.15) is 5.54 Å². The summed E-state index contributed by atoms with van der Waals surface area (Å²) in [6.45, 7) is 0.274. The van der Waals surface area contributed by atoms with Crippen molar-refractivity contribution in [3.63, 3.8) is 0 Å². The third kappa shape index (κ3) is 3.05. The van der Waals surface area contributed by atoms with Gasteiger partial charge in [0.2, 0.25) is 0 Å².